The Bertz CT molecular complexity index is 493. The van der Waals surface area contributed by atoms with Crippen LogP contribution in [0.1, 0.15) is 16.0 Å². The average Bonchev–Trinajstić information content (AvgIpc) is 2.54. The minimum atomic E-state index is -6.30. The van der Waals surface area contributed by atoms with E-state index in [0.29, 0.717) is 3.79 Å². The van der Waals surface area contributed by atoms with Gasteiger partial charge in [0.1, 0.15) is 0 Å². The van der Waals surface area contributed by atoms with Crippen molar-refractivity contribution < 1.29 is 30.7 Å². The minimum Gasteiger partial charge on any atom is -0.199 e. The topological polar surface area (TPSA) is 0 Å². The van der Waals surface area contributed by atoms with Gasteiger partial charge in [0, 0.05) is 16.6 Å². The van der Waals surface area contributed by atoms with Crippen LogP contribution >= 0.6 is 43.2 Å². The van der Waals surface area contributed by atoms with Gasteiger partial charge in [-0.3, -0.25) is 0 Å². The van der Waals surface area contributed by atoms with Crippen molar-refractivity contribution in [3.63, 3.8) is 0 Å². The molecule has 10 heteroatoms. The quantitative estimate of drug-likeness (QED) is 0.384. The molecule has 0 nitrogen and oxygen atoms in total. The molecule has 1 rings (SSSR count). The second-order valence-electron chi connectivity index (χ2n) is 3.99. The number of hydrogen-bond donors (Lipinski definition) is 0. The summed E-state index contributed by atoms with van der Waals surface area (Å²) in [5.74, 6) is -11.3. The summed E-state index contributed by atoms with van der Waals surface area (Å²) in [6.45, 7) is 1.38. The van der Waals surface area contributed by atoms with Gasteiger partial charge in [-0.2, -0.15) is 30.7 Å². The van der Waals surface area contributed by atoms with Gasteiger partial charge in [-0.1, -0.05) is 15.9 Å². The summed E-state index contributed by atoms with van der Waals surface area (Å²) in [5, 5.41) is 0.0904. The minimum absolute atomic E-state index is 0.0904. The largest absolute Gasteiger partial charge is 0.459 e. The zero-order valence-corrected chi connectivity index (χ0v) is 13.7. The van der Waals surface area contributed by atoms with Gasteiger partial charge < -0.3 is 0 Å². The highest BCUT2D eigenvalue weighted by Gasteiger charge is 2.72. The van der Waals surface area contributed by atoms with E-state index in [1.54, 1.807) is 0 Å². The molecular formula is C10H7Br2F7S. The first-order valence-electron chi connectivity index (χ1n) is 5.00. The van der Waals surface area contributed by atoms with Gasteiger partial charge in [-0.05, 0) is 34.0 Å². The zero-order chi connectivity index (χ0) is 15.9. The van der Waals surface area contributed by atoms with Crippen molar-refractivity contribution >= 4 is 43.2 Å². The van der Waals surface area contributed by atoms with E-state index in [1.807, 2.05) is 0 Å². The number of hydrogen-bond acceptors (Lipinski definition) is 1. The molecule has 1 aromatic heterocycles. The third-order valence-electron chi connectivity index (χ3n) is 2.63. The fraction of sp³-hybridized carbons (Fsp3) is 0.600. The average molecular weight is 452 g/mol. The van der Waals surface area contributed by atoms with Crippen molar-refractivity contribution in [2.45, 2.75) is 36.7 Å². The van der Waals surface area contributed by atoms with E-state index in [1.165, 1.54) is 6.92 Å². The molecule has 0 aromatic carbocycles. The van der Waals surface area contributed by atoms with Crippen molar-refractivity contribution in [2.75, 3.05) is 0 Å². The molecule has 0 bridgehead atoms. The standard InChI is InChI=1S/C10H7Br2F7S/c1-4-5(6(3-11)20-7(4)12)2-8(13,14)9(15,16)10(17,18)19/h2-3H2,1H3. The predicted molar refractivity (Wildman–Crippen MR) is 69.0 cm³/mol. The summed E-state index contributed by atoms with van der Waals surface area (Å²) in [6.07, 6.45) is -7.97. The molecule has 0 radical (unpaired) electrons. The van der Waals surface area contributed by atoms with E-state index in [2.05, 4.69) is 31.9 Å². The van der Waals surface area contributed by atoms with Crippen LogP contribution in [0.5, 0.6) is 0 Å². The molecule has 0 aliphatic heterocycles. The van der Waals surface area contributed by atoms with E-state index >= 15 is 0 Å². The van der Waals surface area contributed by atoms with Crippen molar-refractivity contribution in [1.29, 1.82) is 0 Å². The van der Waals surface area contributed by atoms with Crippen LogP contribution in [0.4, 0.5) is 30.7 Å². The van der Waals surface area contributed by atoms with Gasteiger partial charge in [0.25, 0.3) is 0 Å². The summed E-state index contributed by atoms with van der Waals surface area (Å²) in [5.41, 5.74) is 0.0368. The molecule has 0 atom stereocenters. The predicted octanol–water partition coefficient (Wildman–Crippen LogP) is 6.09. The maximum absolute atomic E-state index is 13.4. The Hall–Kier alpha value is 0.170. The van der Waals surface area contributed by atoms with E-state index in [9.17, 15) is 30.7 Å². The fourth-order valence-electron chi connectivity index (χ4n) is 1.45. The molecule has 0 unspecified atom stereocenters. The first kappa shape index (κ1) is 18.2. The van der Waals surface area contributed by atoms with E-state index in [-0.39, 0.29) is 21.3 Å². The second-order valence-corrected chi connectivity index (χ2v) is 6.97. The number of alkyl halides is 8. The Balaban J connectivity index is 3.21. The van der Waals surface area contributed by atoms with Crippen LogP contribution in [-0.4, -0.2) is 18.0 Å². The smallest absolute Gasteiger partial charge is 0.199 e. The van der Waals surface area contributed by atoms with Crippen molar-refractivity contribution in [3.05, 3.63) is 19.8 Å². The normalized spacial score (nSPS) is 13.9. The summed E-state index contributed by atoms with van der Waals surface area (Å²) >= 11 is 7.05. The van der Waals surface area contributed by atoms with Crippen LogP contribution in [0.15, 0.2) is 3.79 Å². The van der Waals surface area contributed by atoms with Crippen LogP contribution < -0.4 is 0 Å². The first-order valence-corrected chi connectivity index (χ1v) is 7.73. The van der Waals surface area contributed by atoms with Crippen molar-refractivity contribution in [2.24, 2.45) is 0 Å². The van der Waals surface area contributed by atoms with Crippen LogP contribution in [0.25, 0.3) is 0 Å². The van der Waals surface area contributed by atoms with Crippen LogP contribution in [0.2, 0.25) is 0 Å². The molecular weight excluding hydrogens is 445 g/mol. The fourth-order valence-corrected chi connectivity index (χ4v) is 3.86. The lowest BCUT2D eigenvalue weighted by Gasteiger charge is -2.28. The molecule has 0 aliphatic rings. The Labute approximate surface area is 130 Å². The van der Waals surface area contributed by atoms with Gasteiger partial charge in [-0.25, -0.2) is 0 Å². The molecule has 1 aromatic rings. The molecule has 0 N–H and O–H groups in total. The first-order chi connectivity index (χ1) is 8.85. The third kappa shape index (κ3) is 3.16. The van der Waals surface area contributed by atoms with E-state index in [4.69, 9.17) is 0 Å². The highest BCUT2D eigenvalue weighted by Crippen LogP contribution is 2.49. The SMILES string of the molecule is Cc1c(Br)sc(CBr)c1CC(F)(F)C(F)(F)C(F)(F)F. The zero-order valence-electron chi connectivity index (χ0n) is 9.72. The van der Waals surface area contributed by atoms with Gasteiger partial charge in [0.05, 0.1) is 3.79 Å². The lowest BCUT2D eigenvalue weighted by atomic mass is 9.99. The molecule has 0 aliphatic carbocycles. The maximum atomic E-state index is 13.4. The highest BCUT2D eigenvalue weighted by molar-refractivity contribution is 9.11. The molecule has 116 valence electrons. The van der Waals surface area contributed by atoms with E-state index < -0.39 is 24.4 Å². The Kier molecular flexibility index (Phi) is 5.24. The number of thiophene rings is 1. The molecule has 0 saturated heterocycles. The summed E-state index contributed by atoms with van der Waals surface area (Å²) in [7, 11) is 0. The maximum Gasteiger partial charge on any atom is 0.459 e. The third-order valence-corrected chi connectivity index (χ3v) is 5.77. The molecule has 0 spiro atoms. The van der Waals surface area contributed by atoms with Crippen molar-refractivity contribution in [1.82, 2.24) is 0 Å². The Morgan fingerprint density at radius 1 is 1.05 bits per heavy atom. The second kappa shape index (κ2) is 5.75. The molecule has 0 fully saturated rings. The highest BCUT2D eigenvalue weighted by atomic mass is 79.9. The van der Waals surface area contributed by atoms with Crippen LogP contribution in [-0.2, 0) is 11.8 Å². The Morgan fingerprint density at radius 2 is 1.55 bits per heavy atom. The van der Waals surface area contributed by atoms with Gasteiger partial charge >= 0.3 is 18.0 Å². The molecule has 1 heterocycles. The van der Waals surface area contributed by atoms with Crippen molar-refractivity contribution in [3.8, 4) is 0 Å². The van der Waals surface area contributed by atoms with Gasteiger partial charge in [-0.15, -0.1) is 11.3 Å². The van der Waals surface area contributed by atoms with E-state index in [0.717, 1.165) is 11.3 Å². The monoisotopic (exact) mass is 450 g/mol. The van der Waals surface area contributed by atoms with Gasteiger partial charge in [0.15, 0.2) is 0 Å². The number of halogens is 9. The Morgan fingerprint density at radius 3 is 1.95 bits per heavy atom. The molecule has 20 heavy (non-hydrogen) atoms. The van der Waals surface area contributed by atoms with Gasteiger partial charge in [0.2, 0.25) is 0 Å². The molecule has 0 saturated carbocycles. The lowest BCUT2D eigenvalue weighted by Crippen LogP contribution is -2.53. The van der Waals surface area contributed by atoms with Crippen LogP contribution in [0, 0.1) is 6.92 Å². The summed E-state index contributed by atoms with van der Waals surface area (Å²) < 4.78 is 89.2. The lowest BCUT2D eigenvalue weighted by molar-refractivity contribution is -0.354. The summed E-state index contributed by atoms with van der Waals surface area (Å²) in [6, 6.07) is 0. The van der Waals surface area contributed by atoms with Crippen LogP contribution in [0.3, 0.4) is 0 Å². The number of rotatable bonds is 4. The summed E-state index contributed by atoms with van der Waals surface area (Å²) in [4.78, 5) is 0.284. The molecule has 0 amide bonds.